The van der Waals surface area contributed by atoms with Crippen LogP contribution in [0.15, 0.2) is 24.8 Å². The maximum Gasteiger partial charge on any atom is -0.0351 e. The van der Waals surface area contributed by atoms with E-state index in [1.54, 1.807) is 0 Å². The Hall–Kier alpha value is -0.520. The summed E-state index contributed by atoms with van der Waals surface area (Å²) in [6.45, 7) is 5.97. The number of unbranched alkanes of at least 4 members (excludes halogenated alkanes) is 7. The summed E-state index contributed by atoms with van der Waals surface area (Å²) in [6, 6.07) is 0. The van der Waals surface area contributed by atoms with Crippen LogP contribution in [0.3, 0.4) is 0 Å². The number of hydrogen-bond acceptors (Lipinski definition) is 0. The lowest BCUT2D eigenvalue weighted by molar-refractivity contribution is 0.652. The van der Waals surface area contributed by atoms with Crippen LogP contribution in [0.25, 0.3) is 0 Å². The topological polar surface area (TPSA) is 0 Å². The molecule has 0 amide bonds. The molecule has 0 atom stereocenters. The molecule has 0 aromatic carbocycles. The Labute approximate surface area is 90.1 Å². The van der Waals surface area contributed by atoms with Crippen molar-refractivity contribution >= 4 is 0 Å². The Balaban J connectivity index is 2.97. The van der Waals surface area contributed by atoms with Crippen molar-refractivity contribution in [3.63, 3.8) is 0 Å². The van der Waals surface area contributed by atoms with Gasteiger partial charge in [0.15, 0.2) is 0 Å². The lowest BCUT2D eigenvalue weighted by Crippen LogP contribution is -1.76. The molecule has 0 heteroatoms. The van der Waals surface area contributed by atoms with Gasteiger partial charge in [0.25, 0.3) is 0 Å². The van der Waals surface area contributed by atoms with Crippen LogP contribution < -0.4 is 0 Å². The van der Waals surface area contributed by atoms with E-state index < -0.39 is 0 Å². The monoisotopic (exact) mass is 194 g/mol. The first-order valence-corrected chi connectivity index (χ1v) is 6.17. The first kappa shape index (κ1) is 13.5. The van der Waals surface area contributed by atoms with Crippen molar-refractivity contribution in [2.45, 2.75) is 64.7 Å². The van der Waals surface area contributed by atoms with Crippen LogP contribution in [0.5, 0.6) is 0 Å². The van der Waals surface area contributed by atoms with Crippen LogP contribution in [0.1, 0.15) is 64.7 Å². The third-order valence-corrected chi connectivity index (χ3v) is 2.42. The Morgan fingerprint density at radius 3 is 1.93 bits per heavy atom. The molecule has 0 saturated heterocycles. The zero-order valence-corrected chi connectivity index (χ0v) is 9.80. The van der Waals surface area contributed by atoms with Gasteiger partial charge < -0.3 is 0 Å². The quantitative estimate of drug-likeness (QED) is 0.329. The molecule has 0 aliphatic heterocycles. The summed E-state index contributed by atoms with van der Waals surface area (Å²) in [4.78, 5) is 0. The largest absolute Gasteiger partial charge is 0.103 e. The molecule has 0 unspecified atom stereocenters. The minimum Gasteiger partial charge on any atom is -0.103 e. The molecule has 0 bridgehead atoms. The fourth-order valence-electron chi connectivity index (χ4n) is 1.46. The molecule has 0 nitrogen and oxygen atoms in total. The molecular weight excluding hydrogens is 168 g/mol. The van der Waals surface area contributed by atoms with Gasteiger partial charge in [0.05, 0.1) is 0 Å². The van der Waals surface area contributed by atoms with Gasteiger partial charge in [-0.2, -0.15) is 0 Å². The van der Waals surface area contributed by atoms with Crippen LogP contribution in [0.2, 0.25) is 0 Å². The van der Waals surface area contributed by atoms with Gasteiger partial charge in [0.1, 0.15) is 0 Å². The van der Waals surface area contributed by atoms with Crippen molar-refractivity contribution in [2.75, 3.05) is 0 Å². The van der Waals surface area contributed by atoms with E-state index >= 15 is 0 Å². The van der Waals surface area contributed by atoms with Crippen LogP contribution in [0.4, 0.5) is 0 Å². The molecule has 0 aliphatic rings. The molecule has 0 saturated carbocycles. The van der Waals surface area contributed by atoms with Gasteiger partial charge in [-0.15, -0.1) is 6.58 Å². The predicted octanol–water partition coefficient (Wildman–Crippen LogP) is 5.26. The minimum absolute atomic E-state index is 1.19. The van der Waals surface area contributed by atoms with Gasteiger partial charge >= 0.3 is 0 Å². The van der Waals surface area contributed by atoms with Gasteiger partial charge in [-0.1, -0.05) is 50.8 Å². The summed E-state index contributed by atoms with van der Waals surface area (Å²) < 4.78 is 0. The van der Waals surface area contributed by atoms with E-state index in [0.717, 1.165) is 0 Å². The van der Waals surface area contributed by atoms with E-state index in [2.05, 4.69) is 25.7 Å². The van der Waals surface area contributed by atoms with Gasteiger partial charge in [-0.3, -0.25) is 0 Å². The Bertz CT molecular complexity index is 133. The normalized spacial score (nSPS) is 10.9. The van der Waals surface area contributed by atoms with Crippen LogP contribution >= 0.6 is 0 Å². The standard InChI is InChI=1S/C14H26/c1-3-5-7-9-11-13-14-12-10-8-6-4-2/h3,10,12H,1,4-9,11,13-14H2,2H3. The fourth-order valence-corrected chi connectivity index (χ4v) is 1.46. The van der Waals surface area contributed by atoms with Crippen LogP contribution in [0, 0.1) is 0 Å². The molecule has 0 heterocycles. The molecule has 82 valence electrons. The molecule has 0 rings (SSSR count). The van der Waals surface area contributed by atoms with Crippen molar-refractivity contribution in [3.05, 3.63) is 24.8 Å². The van der Waals surface area contributed by atoms with Crippen molar-refractivity contribution in [2.24, 2.45) is 0 Å². The highest BCUT2D eigenvalue weighted by Crippen LogP contribution is 2.06. The Morgan fingerprint density at radius 1 is 0.786 bits per heavy atom. The maximum absolute atomic E-state index is 3.73. The third kappa shape index (κ3) is 11.5. The second-order valence-electron chi connectivity index (χ2n) is 3.89. The first-order chi connectivity index (χ1) is 6.91. The maximum atomic E-state index is 3.73. The SMILES string of the molecule is C=CCCCCCCC=CCCCC. The second kappa shape index (κ2) is 12.5. The lowest BCUT2D eigenvalue weighted by atomic mass is 10.1. The zero-order chi connectivity index (χ0) is 10.5. The van der Waals surface area contributed by atoms with Gasteiger partial charge in [0.2, 0.25) is 0 Å². The van der Waals surface area contributed by atoms with E-state index in [1.165, 1.54) is 57.8 Å². The average molecular weight is 194 g/mol. The predicted molar refractivity (Wildman–Crippen MR) is 66.6 cm³/mol. The fraction of sp³-hybridized carbons (Fsp3) is 0.714. The van der Waals surface area contributed by atoms with Gasteiger partial charge in [-0.25, -0.2) is 0 Å². The van der Waals surface area contributed by atoms with E-state index in [9.17, 15) is 0 Å². The molecule has 0 aromatic heterocycles. The van der Waals surface area contributed by atoms with Gasteiger partial charge in [-0.05, 0) is 32.1 Å². The number of allylic oxidation sites excluding steroid dienone is 3. The summed E-state index contributed by atoms with van der Waals surface area (Å²) in [7, 11) is 0. The number of rotatable bonds is 10. The van der Waals surface area contributed by atoms with Crippen molar-refractivity contribution in [3.8, 4) is 0 Å². The van der Waals surface area contributed by atoms with Gasteiger partial charge in [0, 0.05) is 0 Å². The highest BCUT2D eigenvalue weighted by atomic mass is 13.9. The van der Waals surface area contributed by atoms with E-state index in [0.29, 0.717) is 0 Å². The molecule has 0 aliphatic carbocycles. The van der Waals surface area contributed by atoms with Crippen molar-refractivity contribution in [1.82, 2.24) is 0 Å². The molecule has 0 spiro atoms. The highest BCUT2D eigenvalue weighted by Gasteiger charge is 1.86. The molecule has 14 heavy (non-hydrogen) atoms. The van der Waals surface area contributed by atoms with E-state index in [-0.39, 0.29) is 0 Å². The van der Waals surface area contributed by atoms with Crippen molar-refractivity contribution < 1.29 is 0 Å². The first-order valence-electron chi connectivity index (χ1n) is 6.17. The smallest absolute Gasteiger partial charge is 0.0351 e. The summed E-state index contributed by atoms with van der Waals surface area (Å²) in [5, 5.41) is 0. The van der Waals surface area contributed by atoms with Crippen LogP contribution in [-0.2, 0) is 0 Å². The Morgan fingerprint density at radius 2 is 1.36 bits per heavy atom. The van der Waals surface area contributed by atoms with Crippen molar-refractivity contribution in [1.29, 1.82) is 0 Å². The summed E-state index contributed by atoms with van der Waals surface area (Å²) in [5.41, 5.74) is 0. The minimum atomic E-state index is 1.19. The number of hydrogen-bond donors (Lipinski definition) is 0. The molecule has 0 N–H and O–H groups in total. The van der Waals surface area contributed by atoms with E-state index in [4.69, 9.17) is 0 Å². The highest BCUT2D eigenvalue weighted by molar-refractivity contribution is 4.81. The zero-order valence-electron chi connectivity index (χ0n) is 9.80. The third-order valence-electron chi connectivity index (χ3n) is 2.42. The Kier molecular flexibility index (Phi) is 12.0. The summed E-state index contributed by atoms with van der Waals surface area (Å²) in [6.07, 6.45) is 18.5. The van der Waals surface area contributed by atoms with E-state index in [1.807, 2.05) is 6.08 Å². The van der Waals surface area contributed by atoms with Crippen LogP contribution in [-0.4, -0.2) is 0 Å². The summed E-state index contributed by atoms with van der Waals surface area (Å²) >= 11 is 0. The molecular formula is C14H26. The average Bonchev–Trinajstić information content (AvgIpc) is 2.21. The summed E-state index contributed by atoms with van der Waals surface area (Å²) in [5.74, 6) is 0. The molecule has 0 aromatic rings. The lowest BCUT2D eigenvalue weighted by Gasteiger charge is -1.96. The molecule has 0 fully saturated rings. The second-order valence-corrected chi connectivity index (χ2v) is 3.89. The molecule has 0 radical (unpaired) electrons.